The van der Waals surface area contributed by atoms with E-state index in [1.54, 1.807) is 19.2 Å². The number of benzene rings is 1. The Morgan fingerprint density at radius 2 is 2.00 bits per heavy atom. The second-order valence-corrected chi connectivity index (χ2v) is 6.48. The highest BCUT2D eigenvalue weighted by Crippen LogP contribution is 2.20. The molecule has 0 unspecified atom stereocenters. The van der Waals surface area contributed by atoms with Crippen LogP contribution in [0.25, 0.3) is 0 Å². The molecule has 0 aliphatic rings. The lowest BCUT2D eigenvalue weighted by Gasteiger charge is -2.11. The summed E-state index contributed by atoms with van der Waals surface area (Å²) in [6.07, 6.45) is 1.35. The molecule has 1 aromatic carbocycles. The van der Waals surface area contributed by atoms with Gasteiger partial charge in [0.25, 0.3) is 10.0 Å². The van der Waals surface area contributed by atoms with Gasteiger partial charge in [-0.2, -0.15) is 5.10 Å². The first-order valence-electron chi connectivity index (χ1n) is 6.19. The molecule has 0 aliphatic heterocycles. The summed E-state index contributed by atoms with van der Waals surface area (Å²) in [5.74, 6) is -0.0818. The van der Waals surface area contributed by atoms with Gasteiger partial charge < -0.3 is 5.73 Å². The van der Waals surface area contributed by atoms with E-state index in [-0.39, 0.29) is 22.1 Å². The van der Waals surface area contributed by atoms with Crippen molar-refractivity contribution in [1.82, 2.24) is 9.78 Å². The van der Waals surface area contributed by atoms with Crippen LogP contribution in [0, 0.1) is 19.3 Å². The van der Waals surface area contributed by atoms with Gasteiger partial charge in [0.05, 0.1) is 16.7 Å². The van der Waals surface area contributed by atoms with Crippen LogP contribution in [-0.2, 0) is 17.1 Å². The second-order valence-electron chi connectivity index (χ2n) is 4.80. The molecule has 112 valence electrons. The normalized spacial score (nSPS) is 11.4. The summed E-state index contributed by atoms with van der Waals surface area (Å²) in [4.78, 5) is 0.154. The molecular weight excluding hydrogens is 290 g/mol. The van der Waals surface area contributed by atoms with Crippen molar-refractivity contribution in [3.8, 4) is 0 Å². The van der Waals surface area contributed by atoms with Crippen molar-refractivity contribution < 1.29 is 8.42 Å². The molecule has 0 amide bonds. The molecule has 0 spiro atoms. The molecule has 1 heterocycles. The van der Waals surface area contributed by atoms with Gasteiger partial charge in [-0.1, -0.05) is 6.07 Å². The van der Waals surface area contributed by atoms with Crippen LogP contribution >= 0.6 is 0 Å². The van der Waals surface area contributed by atoms with E-state index >= 15 is 0 Å². The van der Waals surface area contributed by atoms with Crippen LogP contribution in [0.5, 0.6) is 0 Å². The molecule has 0 atom stereocenters. The molecule has 8 heteroatoms. The Morgan fingerprint density at radius 1 is 1.33 bits per heavy atom. The molecule has 0 fully saturated rings. The number of anilines is 1. The molecule has 0 bridgehead atoms. The van der Waals surface area contributed by atoms with Gasteiger partial charge in [-0.25, -0.2) is 8.42 Å². The first-order valence-corrected chi connectivity index (χ1v) is 7.67. The Labute approximate surface area is 123 Å². The van der Waals surface area contributed by atoms with Crippen molar-refractivity contribution in [2.75, 3.05) is 4.72 Å². The molecule has 0 radical (unpaired) electrons. The third-order valence-corrected chi connectivity index (χ3v) is 4.59. The fourth-order valence-corrected chi connectivity index (χ4v) is 3.02. The number of nitrogen functional groups attached to an aromatic ring is 1. The van der Waals surface area contributed by atoms with Gasteiger partial charge in [-0.05, 0) is 37.1 Å². The van der Waals surface area contributed by atoms with Crippen molar-refractivity contribution >= 4 is 21.7 Å². The van der Waals surface area contributed by atoms with Crippen molar-refractivity contribution in [1.29, 1.82) is 5.41 Å². The Bertz CT molecular complexity index is 808. The van der Waals surface area contributed by atoms with Gasteiger partial charge in [0.15, 0.2) is 0 Å². The Kier molecular flexibility index (Phi) is 3.73. The third-order valence-electron chi connectivity index (χ3n) is 3.25. The van der Waals surface area contributed by atoms with Crippen molar-refractivity contribution in [2.24, 2.45) is 12.8 Å². The van der Waals surface area contributed by atoms with E-state index < -0.39 is 10.0 Å². The summed E-state index contributed by atoms with van der Waals surface area (Å²) in [5.41, 5.74) is 7.56. The smallest absolute Gasteiger partial charge is 0.263 e. The number of sulfonamides is 1. The number of amidine groups is 1. The maximum absolute atomic E-state index is 12.4. The molecule has 21 heavy (non-hydrogen) atoms. The lowest BCUT2D eigenvalue weighted by molar-refractivity contribution is 0.600. The summed E-state index contributed by atoms with van der Waals surface area (Å²) in [5, 5.41) is 11.4. The number of nitrogens with zero attached hydrogens (tertiary/aromatic N) is 2. The van der Waals surface area contributed by atoms with Crippen LogP contribution in [0.15, 0.2) is 29.3 Å². The second kappa shape index (κ2) is 5.21. The predicted octanol–water partition coefficient (Wildman–Crippen LogP) is 1.12. The number of hydrogen-bond donors (Lipinski definition) is 3. The van der Waals surface area contributed by atoms with Crippen LogP contribution in [0.1, 0.15) is 16.7 Å². The van der Waals surface area contributed by atoms with Crippen LogP contribution in [-0.4, -0.2) is 24.0 Å². The molecule has 4 N–H and O–H groups in total. The topological polar surface area (TPSA) is 114 Å². The number of aryl methyl sites for hydroxylation is 3. The number of aromatic nitrogens is 2. The molecule has 7 nitrogen and oxygen atoms in total. The van der Waals surface area contributed by atoms with E-state index in [4.69, 9.17) is 11.1 Å². The van der Waals surface area contributed by atoms with E-state index in [2.05, 4.69) is 9.82 Å². The fourth-order valence-electron chi connectivity index (χ4n) is 1.82. The highest BCUT2D eigenvalue weighted by Gasteiger charge is 2.20. The van der Waals surface area contributed by atoms with Crippen LogP contribution in [0.4, 0.5) is 5.82 Å². The Balaban J connectivity index is 2.44. The molecular formula is C13H17N5O2S. The zero-order valence-electron chi connectivity index (χ0n) is 12.0. The summed E-state index contributed by atoms with van der Waals surface area (Å²) < 4.78 is 28.6. The molecule has 0 saturated heterocycles. The van der Waals surface area contributed by atoms with Crippen molar-refractivity contribution in [2.45, 2.75) is 18.7 Å². The lowest BCUT2D eigenvalue weighted by Crippen LogP contribution is -2.19. The number of nitrogens with two attached hydrogens (primary N) is 1. The van der Waals surface area contributed by atoms with Gasteiger partial charge in [-0.3, -0.25) is 14.8 Å². The van der Waals surface area contributed by atoms with Gasteiger partial charge in [0, 0.05) is 7.05 Å². The van der Waals surface area contributed by atoms with Crippen LogP contribution in [0.3, 0.4) is 0 Å². The largest absolute Gasteiger partial charge is 0.384 e. The van der Waals surface area contributed by atoms with E-state index in [1.807, 2.05) is 13.8 Å². The average molecular weight is 307 g/mol. The van der Waals surface area contributed by atoms with Gasteiger partial charge in [0.1, 0.15) is 11.7 Å². The highest BCUT2D eigenvalue weighted by atomic mass is 32.2. The number of hydrogen-bond acceptors (Lipinski definition) is 4. The molecule has 2 aromatic rings. The van der Waals surface area contributed by atoms with E-state index in [1.165, 1.54) is 16.9 Å². The first kappa shape index (κ1) is 15.0. The van der Waals surface area contributed by atoms with Crippen molar-refractivity contribution in [3.63, 3.8) is 0 Å². The minimum atomic E-state index is -3.76. The Hall–Kier alpha value is -2.35. The maximum atomic E-state index is 12.4. The average Bonchev–Trinajstić information content (AvgIpc) is 2.74. The zero-order chi connectivity index (χ0) is 15.8. The van der Waals surface area contributed by atoms with E-state index in [0.717, 1.165) is 11.1 Å². The van der Waals surface area contributed by atoms with Crippen LogP contribution in [0.2, 0.25) is 0 Å². The standard InChI is InChI=1S/C13H17N5O2S/c1-8-4-5-10(6-9(8)2)21(19,20)17-13-11(12(14)15)7-16-18(13)3/h4-7,17H,1-3H3,(H3,14,15). The van der Waals surface area contributed by atoms with Crippen molar-refractivity contribution in [3.05, 3.63) is 41.1 Å². The minimum absolute atomic E-state index is 0.154. The zero-order valence-corrected chi connectivity index (χ0v) is 12.8. The fraction of sp³-hybridized carbons (Fsp3) is 0.231. The third kappa shape index (κ3) is 2.89. The summed E-state index contributed by atoms with van der Waals surface area (Å²) in [7, 11) is -2.19. The van der Waals surface area contributed by atoms with E-state index in [9.17, 15) is 8.42 Å². The minimum Gasteiger partial charge on any atom is -0.384 e. The molecule has 2 rings (SSSR count). The van der Waals surface area contributed by atoms with Gasteiger partial charge in [0.2, 0.25) is 0 Å². The quantitative estimate of drug-likeness (QED) is 0.580. The highest BCUT2D eigenvalue weighted by molar-refractivity contribution is 7.92. The Morgan fingerprint density at radius 3 is 2.57 bits per heavy atom. The first-order chi connectivity index (χ1) is 9.72. The summed E-state index contributed by atoms with van der Waals surface area (Å²) in [6.45, 7) is 3.76. The molecule has 0 saturated carbocycles. The molecule has 0 aliphatic carbocycles. The lowest BCUT2D eigenvalue weighted by atomic mass is 10.1. The van der Waals surface area contributed by atoms with Gasteiger partial charge in [-0.15, -0.1) is 0 Å². The maximum Gasteiger partial charge on any atom is 0.263 e. The van der Waals surface area contributed by atoms with Gasteiger partial charge >= 0.3 is 0 Å². The van der Waals surface area contributed by atoms with Crippen LogP contribution < -0.4 is 10.5 Å². The summed E-state index contributed by atoms with van der Waals surface area (Å²) >= 11 is 0. The summed E-state index contributed by atoms with van der Waals surface area (Å²) in [6, 6.07) is 4.88. The molecule has 1 aromatic heterocycles. The number of rotatable bonds is 4. The number of nitrogens with one attached hydrogen (secondary N) is 2. The monoisotopic (exact) mass is 307 g/mol. The van der Waals surface area contributed by atoms with E-state index in [0.29, 0.717) is 0 Å². The SMILES string of the molecule is Cc1ccc(S(=O)(=O)Nc2c(C(=N)N)cnn2C)cc1C. The predicted molar refractivity (Wildman–Crippen MR) is 80.9 cm³/mol.